The molecule has 90 valence electrons. The third kappa shape index (κ3) is 6.74. The number of nitrogens with zero attached hydrogens (tertiary/aromatic N) is 1. The van der Waals surface area contributed by atoms with E-state index in [0.29, 0.717) is 12.0 Å². The topological polar surface area (TPSA) is 67.9 Å². The molecule has 0 fully saturated rings. The molecule has 1 amide bonds. The summed E-state index contributed by atoms with van der Waals surface area (Å²) in [5.41, 5.74) is 0.383. The summed E-state index contributed by atoms with van der Waals surface area (Å²) in [7, 11) is 3.14. The van der Waals surface area contributed by atoms with Crippen molar-refractivity contribution < 1.29 is 19.2 Å². The van der Waals surface area contributed by atoms with Gasteiger partial charge in [-0.1, -0.05) is 12.7 Å². The number of likely N-dealkylation sites (N-methyl/N-ethyl adjacent to an activating group) is 1. The second-order valence-corrected chi connectivity index (χ2v) is 2.81. The molecule has 0 aromatic carbocycles. The SMILES string of the molecule is C=CCOC(=O)N/C(=C\C=O)CN(C)OC. The van der Waals surface area contributed by atoms with E-state index in [-0.39, 0.29) is 13.2 Å². The maximum Gasteiger partial charge on any atom is 0.411 e. The minimum atomic E-state index is -0.641. The number of carbonyl (C=O) groups excluding carboxylic acids is 2. The van der Waals surface area contributed by atoms with E-state index in [9.17, 15) is 9.59 Å². The van der Waals surface area contributed by atoms with Gasteiger partial charge in [0, 0.05) is 12.7 Å². The van der Waals surface area contributed by atoms with Crippen molar-refractivity contribution in [3.63, 3.8) is 0 Å². The molecule has 0 radical (unpaired) electrons. The number of alkyl carbamates (subject to hydrolysis) is 1. The standard InChI is InChI=1S/C10H16N2O4/c1-4-7-16-10(14)11-9(5-6-13)8-12(2)15-3/h4-6H,1,7-8H2,2-3H3,(H,11,14)/b9-5-. The number of hydroxylamine groups is 2. The zero-order chi connectivity index (χ0) is 12.4. The van der Waals surface area contributed by atoms with Crippen LogP contribution in [0.3, 0.4) is 0 Å². The van der Waals surface area contributed by atoms with Gasteiger partial charge in [0.15, 0.2) is 0 Å². The molecule has 0 saturated carbocycles. The zero-order valence-corrected chi connectivity index (χ0v) is 9.43. The van der Waals surface area contributed by atoms with Gasteiger partial charge in [0.2, 0.25) is 0 Å². The van der Waals surface area contributed by atoms with Crippen molar-refractivity contribution in [2.75, 3.05) is 27.3 Å². The molecule has 0 atom stereocenters. The number of hydrogen-bond acceptors (Lipinski definition) is 5. The monoisotopic (exact) mass is 228 g/mol. The van der Waals surface area contributed by atoms with Crippen molar-refractivity contribution in [3.05, 3.63) is 24.4 Å². The second-order valence-electron chi connectivity index (χ2n) is 2.81. The lowest BCUT2D eigenvalue weighted by Gasteiger charge is -2.16. The van der Waals surface area contributed by atoms with Crippen LogP contribution < -0.4 is 5.32 Å². The van der Waals surface area contributed by atoms with Crippen LogP contribution in [0.15, 0.2) is 24.4 Å². The minimum Gasteiger partial charge on any atom is -0.445 e. The lowest BCUT2D eigenvalue weighted by molar-refractivity contribution is -0.105. The van der Waals surface area contributed by atoms with E-state index in [2.05, 4.69) is 11.9 Å². The first-order valence-corrected chi connectivity index (χ1v) is 4.58. The van der Waals surface area contributed by atoms with E-state index in [0.717, 1.165) is 0 Å². The van der Waals surface area contributed by atoms with Gasteiger partial charge < -0.3 is 9.57 Å². The predicted octanol–water partition coefficient (Wildman–Crippen LogP) is 0.475. The summed E-state index contributed by atoms with van der Waals surface area (Å²) in [6, 6.07) is 0. The third-order valence-corrected chi connectivity index (χ3v) is 1.57. The molecule has 0 spiro atoms. The number of nitrogens with one attached hydrogen (secondary N) is 1. The molecule has 1 N–H and O–H groups in total. The molecule has 0 heterocycles. The summed E-state index contributed by atoms with van der Waals surface area (Å²) in [5.74, 6) is 0. The number of ether oxygens (including phenoxy) is 1. The maximum atomic E-state index is 11.2. The molecule has 16 heavy (non-hydrogen) atoms. The van der Waals surface area contributed by atoms with E-state index < -0.39 is 6.09 Å². The van der Waals surface area contributed by atoms with Gasteiger partial charge in [-0.2, -0.15) is 5.06 Å². The van der Waals surface area contributed by atoms with Crippen LogP contribution in [0, 0.1) is 0 Å². The molecule has 0 bridgehead atoms. The van der Waals surface area contributed by atoms with E-state index in [4.69, 9.17) is 9.57 Å². The second kappa shape index (κ2) is 8.63. The van der Waals surface area contributed by atoms with Crippen molar-refractivity contribution >= 4 is 12.4 Å². The van der Waals surface area contributed by atoms with Gasteiger partial charge in [-0.15, -0.1) is 0 Å². The van der Waals surface area contributed by atoms with Gasteiger partial charge in [-0.25, -0.2) is 4.79 Å². The van der Waals surface area contributed by atoms with Gasteiger partial charge in [-0.3, -0.25) is 10.1 Å². The number of amides is 1. The van der Waals surface area contributed by atoms with Crippen molar-refractivity contribution in [3.8, 4) is 0 Å². The molecule has 0 unspecified atom stereocenters. The Kier molecular flexibility index (Phi) is 7.74. The highest BCUT2D eigenvalue weighted by Crippen LogP contribution is 1.94. The molecule has 0 aromatic rings. The Bertz CT molecular complexity index is 276. The van der Waals surface area contributed by atoms with Crippen molar-refractivity contribution in [2.24, 2.45) is 0 Å². The number of aldehydes is 1. The molecular weight excluding hydrogens is 212 g/mol. The zero-order valence-electron chi connectivity index (χ0n) is 9.43. The van der Waals surface area contributed by atoms with E-state index in [1.165, 1.54) is 24.3 Å². The average Bonchev–Trinajstić information content (AvgIpc) is 2.26. The summed E-state index contributed by atoms with van der Waals surface area (Å²) in [6.45, 7) is 3.78. The largest absolute Gasteiger partial charge is 0.445 e. The smallest absolute Gasteiger partial charge is 0.411 e. The summed E-state index contributed by atoms with van der Waals surface area (Å²) in [6.07, 6.45) is 2.61. The van der Waals surface area contributed by atoms with E-state index >= 15 is 0 Å². The van der Waals surface area contributed by atoms with E-state index in [1.54, 1.807) is 7.05 Å². The quantitative estimate of drug-likeness (QED) is 0.297. The van der Waals surface area contributed by atoms with Crippen molar-refractivity contribution in [1.29, 1.82) is 0 Å². The first-order chi connectivity index (χ1) is 7.63. The van der Waals surface area contributed by atoms with Crippen LogP contribution in [0.25, 0.3) is 0 Å². The van der Waals surface area contributed by atoms with Gasteiger partial charge >= 0.3 is 6.09 Å². The van der Waals surface area contributed by atoms with Crippen molar-refractivity contribution in [2.45, 2.75) is 0 Å². The fourth-order valence-electron chi connectivity index (χ4n) is 0.822. The van der Waals surface area contributed by atoms with Crippen LogP contribution in [0.1, 0.15) is 0 Å². The number of hydrogen-bond donors (Lipinski definition) is 1. The highest BCUT2D eigenvalue weighted by molar-refractivity contribution is 5.73. The van der Waals surface area contributed by atoms with E-state index in [1.807, 2.05) is 0 Å². The highest BCUT2D eigenvalue weighted by Gasteiger charge is 2.07. The van der Waals surface area contributed by atoms with Gasteiger partial charge in [-0.05, 0) is 6.08 Å². The number of allylic oxidation sites excluding steroid dienone is 1. The number of carbonyl (C=O) groups is 2. The maximum absolute atomic E-state index is 11.2. The summed E-state index contributed by atoms with van der Waals surface area (Å²) < 4.78 is 4.70. The lowest BCUT2D eigenvalue weighted by Crippen LogP contribution is -2.31. The Balaban J connectivity index is 4.23. The lowest BCUT2D eigenvalue weighted by atomic mass is 10.4. The molecule has 6 nitrogen and oxygen atoms in total. The summed E-state index contributed by atoms with van der Waals surface area (Å²) in [5, 5.41) is 3.86. The fraction of sp³-hybridized carbons (Fsp3) is 0.400. The number of rotatable bonds is 7. The molecule has 0 saturated heterocycles. The van der Waals surface area contributed by atoms with Gasteiger partial charge in [0.1, 0.15) is 12.9 Å². The molecular formula is C10H16N2O4. The molecule has 0 aliphatic heterocycles. The Labute approximate surface area is 94.5 Å². The summed E-state index contributed by atoms with van der Waals surface area (Å²) >= 11 is 0. The molecule has 0 aliphatic carbocycles. The normalized spacial score (nSPS) is 11.1. The first-order valence-electron chi connectivity index (χ1n) is 4.58. The van der Waals surface area contributed by atoms with Crippen LogP contribution in [-0.4, -0.2) is 44.8 Å². The Morgan fingerprint density at radius 2 is 2.25 bits per heavy atom. The first kappa shape index (κ1) is 14.3. The molecule has 6 heteroatoms. The molecule has 0 rings (SSSR count). The summed E-state index contributed by atoms with van der Waals surface area (Å²) in [4.78, 5) is 26.4. The molecule has 0 aromatic heterocycles. The Morgan fingerprint density at radius 3 is 2.75 bits per heavy atom. The van der Waals surface area contributed by atoms with Crippen LogP contribution in [0.4, 0.5) is 4.79 Å². The third-order valence-electron chi connectivity index (χ3n) is 1.57. The van der Waals surface area contributed by atoms with Gasteiger partial charge in [0.05, 0.1) is 13.7 Å². The predicted molar refractivity (Wildman–Crippen MR) is 58.5 cm³/mol. The van der Waals surface area contributed by atoms with Gasteiger partial charge in [0.25, 0.3) is 0 Å². The van der Waals surface area contributed by atoms with Crippen molar-refractivity contribution in [1.82, 2.24) is 10.4 Å². The Morgan fingerprint density at radius 1 is 1.56 bits per heavy atom. The van der Waals surface area contributed by atoms with Crippen LogP contribution in [0.2, 0.25) is 0 Å². The van der Waals surface area contributed by atoms with Crippen LogP contribution in [0.5, 0.6) is 0 Å². The van der Waals surface area contributed by atoms with Crippen LogP contribution >= 0.6 is 0 Å². The average molecular weight is 228 g/mol. The molecule has 0 aliphatic rings. The van der Waals surface area contributed by atoms with Crippen LogP contribution in [-0.2, 0) is 14.4 Å². The fourth-order valence-corrected chi connectivity index (χ4v) is 0.822. The highest BCUT2D eigenvalue weighted by atomic mass is 16.7. The minimum absolute atomic E-state index is 0.111. The Hall–Kier alpha value is -1.66.